The topological polar surface area (TPSA) is 78.8 Å². The van der Waals surface area contributed by atoms with Crippen LogP contribution in [0.2, 0.25) is 0 Å². The van der Waals surface area contributed by atoms with Crippen LogP contribution in [0.5, 0.6) is 0 Å². The van der Waals surface area contributed by atoms with Crippen molar-refractivity contribution in [3.05, 3.63) is 59.2 Å². The SMILES string of the molecule is Cc1ccc(S(=O)(=O)N(CC(=O)NN=C2CCC(C(C)(C)C)CC2)c2cc(C)ccc2C)cc1. The minimum atomic E-state index is -3.95. The predicted molar refractivity (Wildman–Crippen MR) is 139 cm³/mol. The number of carbonyl (C=O) groups excluding carboxylic acids is 1. The first kappa shape index (κ1) is 25.9. The third-order valence-corrected chi connectivity index (χ3v) is 8.43. The summed E-state index contributed by atoms with van der Waals surface area (Å²) >= 11 is 0. The van der Waals surface area contributed by atoms with Crippen molar-refractivity contribution in [1.82, 2.24) is 5.43 Å². The lowest BCUT2D eigenvalue weighted by atomic mass is 9.72. The Kier molecular flexibility index (Phi) is 7.86. The fourth-order valence-electron chi connectivity index (χ4n) is 4.36. The van der Waals surface area contributed by atoms with Crippen molar-refractivity contribution < 1.29 is 13.2 Å². The fraction of sp³-hybridized carbons (Fsp3) is 0.481. The first-order valence-corrected chi connectivity index (χ1v) is 13.3. The average molecular weight is 484 g/mol. The number of hydrogen-bond acceptors (Lipinski definition) is 4. The Morgan fingerprint density at radius 2 is 1.59 bits per heavy atom. The molecule has 7 heteroatoms. The molecule has 1 aliphatic rings. The van der Waals surface area contributed by atoms with Crippen LogP contribution < -0.4 is 9.73 Å². The first-order valence-electron chi connectivity index (χ1n) is 11.9. The van der Waals surface area contributed by atoms with E-state index in [2.05, 4.69) is 31.3 Å². The van der Waals surface area contributed by atoms with Crippen LogP contribution >= 0.6 is 0 Å². The lowest BCUT2D eigenvalue weighted by molar-refractivity contribution is -0.119. The van der Waals surface area contributed by atoms with Crippen LogP contribution in [0.3, 0.4) is 0 Å². The van der Waals surface area contributed by atoms with Gasteiger partial charge in [-0.05, 0) is 87.1 Å². The van der Waals surface area contributed by atoms with Gasteiger partial charge >= 0.3 is 0 Å². The Morgan fingerprint density at radius 3 is 2.18 bits per heavy atom. The number of hydrogen-bond donors (Lipinski definition) is 1. The van der Waals surface area contributed by atoms with Crippen LogP contribution in [0.25, 0.3) is 0 Å². The molecular formula is C27H37N3O3S. The summed E-state index contributed by atoms with van der Waals surface area (Å²) in [6.07, 6.45) is 3.80. The molecule has 0 radical (unpaired) electrons. The Morgan fingerprint density at radius 1 is 1.00 bits per heavy atom. The number of anilines is 1. The maximum Gasteiger partial charge on any atom is 0.264 e. The second-order valence-electron chi connectivity index (χ2n) is 10.5. The van der Waals surface area contributed by atoms with Crippen molar-refractivity contribution in [2.75, 3.05) is 10.8 Å². The molecule has 1 amide bonds. The number of rotatable bonds is 6. The molecule has 0 unspecified atom stereocenters. The van der Waals surface area contributed by atoms with E-state index in [9.17, 15) is 13.2 Å². The van der Waals surface area contributed by atoms with Crippen LogP contribution in [0, 0.1) is 32.1 Å². The summed E-state index contributed by atoms with van der Waals surface area (Å²) < 4.78 is 28.4. The van der Waals surface area contributed by atoms with Gasteiger partial charge in [0.2, 0.25) is 0 Å². The van der Waals surface area contributed by atoms with Crippen LogP contribution in [0.1, 0.15) is 63.1 Å². The smallest absolute Gasteiger partial charge is 0.264 e. The second-order valence-corrected chi connectivity index (χ2v) is 12.3. The molecule has 0 spiro atoms. The molecule has 2 aromatic carbocycles. The molecule has 0 saturated heterocycles. The predicted octanol–water partition coefficient (Wildman–Crippen LogP) is 5.52. The molecule has 0 heterocycles. The van der Waals surface area contributed by atoms with Gasteiger partial charge in [0.1, 0.15) is 6.54 Å². The van der Waals surface area contributed by atoms with Crippen LogP contribution in [0.15, 0.2) is 52.5 Å². The number of carbonyl (C=O) groups is 1. The number of nitrogens with one attached hydrogen (secondary N) is 1. The van der Waals surface area contributed by atoms with Crippen molar-refractivity contribution >= 4 is 27.3 Å². The van der Waals surface area contributed by atoms with Gasteiger partial charge in [-0.2, -0.15) is 5.10 Å². The number of benzene rings is 2. The zero-order valence-electron chi connectivity index (χ0n) is 21.2. The van der Waals surface area contributed by atoms with Crippen LogP contribution in [-0.2, 0) is 14.8 Å². The summed E-state index contributed by atoms with van der Waals surface area (Å²) in [6.45, 7) is 12.1. The zero-order chi connectivity index (χ0) is 25.1. The number of nitrogens with zero attached hydrogens (tertiary/aromatic N) is 2. The molecule has 1 fully saturated rings. The molecular weight excluding hydrogens is 446 g/mol. The van der Waals surface area contributed by atoms with Gasteiger partial charge in [-0.1, -0.05) is 50.6 Å². The summed E-state index contributed by atoms with van der Waals surface area (Å²) in [5, 5.41) is 4.35. The van der Waals surface area contributed by atoms with Gasteiger partial charge in [0.05, 0.1) is 10.6 Å². The van der Waals surface area contributed by atoms with E-state index in [-0.39, 0.29) is 16.9 Å². The van der Waals surface area contributed by atoms with E-state index in [0.29, 0.717) is 11.6 Å². The summed E-state index contributed by atoms with van der Waals surface area (Å²) in [6, 6.07) is 12.3. The highest BCUT2D eigenvalue weighted by molar-refractivity contribution is 7.92. The molecule has 34 heavy (non-hydrogen) atoms. The lowest BCUT2D eigenvalue weighted by Crippen LogP contribution is -2.40. The van der Waals surface area contributed by atoms with Crippen molar-refractivity contribution in [3.8, 4) is 0 Å². The number of amides is 1. The van der Waals surface area contributed by atoms with Gasteiger partial charge in [-0.15, -0.1) is 0 Å². The summed E-state index contributed by atoms with van der Waals surface area (Å²) in [4.78, 5) is 13.0. The molecule has 1 saturated carbocycles. The monoisotopic (exact) mass is 483 g/mol. The van der Waals surface area contributed by atoms with Crippen molar-refractivity contribution in [2.24, 2.45) is 16.4 Å². The summed E-state index contributed by atoms with van der Waals surface area (Å²) in [5.41, 5.74) is 7.01. The largest absolute Gasteiger partial charge is 0.271 e. The maximum absolute atomic E-state index is 13.6. The first-order chi connectivity index (χ1) is 15.9. The van der Waals surface area contributed by atoms with Crippen molar-refractivity contribution in [2.45, 2.75) is 72.1 Å². The quantitative estimate of drug-likeness (QED) is 0.550. The highest BCUT2D eigenvalue weighted by Gasteiger charge is 2.30. The standard InChI is InChI=1S/C27H37N3O3S/c1-19-8-15-24(16-9-19)34(32,33)30(25-17-20(2)7-10-21(25)3)18-26(31)29-28-23-13-11-22(12-14-23)27(4,5)6/h7-10,15-17,22H,11-14,18H2,1-6H3,(H,29,31). The van der Waals surface area contributed by atoms with Gasteiger partial charge in [0.25, 0.3) is 15.9 Å². The van der Waals surface area contributed by atoms with Gasteiger partial charge in [0, 0.05) is 5.71 Å². The number of aryl methyl sites for hydroxylation is 3. The van der Waals surface area contributed by atoms with E-state index in [1.54, 1.807) is 30.3 Å². The number of hydrazone groups is 1. The van der Waals surface area contributed by atoms with Gasteiger partial charge in [-0.3, -0.25) is 9.10 Å². The van der Waals surface area contributed by atoms with E-state index in [4.69, 9.17) is 0 Å². The molecule has 0 bridgehead atoms. The average Bonchev–Trinajstić information content (AvgIpc) is 2.78. The minimum absolute atomic E-state index is 0.152. The highest BCUT2D eigenvalue weighted by Crippen LogP contribution is 2.36. The van der Waals surface area contributed by atoms with E-state index < -0.39 is 15.9 Å². The molecule has 3 rings (SSSR count). The number of sulfonamides is 1. The lowest BCUT2D eigenvalue weighted by Gasteiger charge is -2.34. The third-order valence-electron chi connectivity index (χ3n) is 6.66. The van der Waals surface area contributed by atoms with Gasteiger partial charge < -0.3 is 0 Å². The molecule has 1 aliphatic carbocycles. The minimum Gasteiger partial charge on any atom is -0.271 e. The van der Waals surface area contributed by atoms with E-state index in [1.807, 2.05) is 32.9 Å². The van der Waals surface area contributed by atoms with E-state index >= 15 is 0 Å². The Balaban J connectivity index is 1.82. The van der Waals surface area contributed by atoms with Crippen molar-refractivity contribution in [3.63, 3.8) is 0 Å². The molecule has 0 atom stereocenters. The Labute approximate surface area is 204 Å². The molecule has 0 aliphatic heterocycles. The molecule has 0 aromatic heterocycles. The highest BCUT2D eigenvalue weighted by atomic mass is 32.2. The van der Waals surface area contributed by atoms with E-state index in [1.165, 1.54) is 4.31 Å². The van der Waals surface area contributed by atoms with E-state index in [0.717, 1.165) is 48.1 Å². The molecule has 1 N–H and O–H groups in total. The Hall–Kier alpha value is -2.67. The van der Waals surface area contributed by atoms with Gasteiger partial charge in [-0.25, -0.2) is 13.8 Å². The summed E-state index contributed by atoms with van der Waals surface area (Å²) in [7, 11) is -3.95. The maximum atomic E-state index is 13.6. The normalized spacial score (nSPS) is 16.8. The zero-order valence-corrected chi connectivity index (χ0v) is 22.0. The molecule has 6 nitrogen and oxygen atoms in total. The third kappa shape index (κ3) is 6.26. The van der Waals surface area contributed by atoms with Crippen LogP contribution in [0.4, 0.5) is 5.69 Å². The van der Waals surface area contributed by atoms with Crippen molar-refractivity contribution in [1.29, 1.82) is 0 Å². The molecule has 184 valence electrons. The Bertz CT molecular complexity index is 1150. The van der Waals surface area contributed by atoms with Crippen LogP contribution in [-0.4, -0.2) is 26.6 Å². The second kappa shape index (κ2) is 10.3. The fourth-order valence-corrected chi connectivity index (χ4v) is 5.84. The summed E-state index contributed by atoms with van der Waals surface area (Å²) in [5.74, 6) is 0.184. The molecule has 2 aromatic rings. The van der Waals surface area contributed by atoms with Gasteiger partial charge in [0.15, 0.2) is 0 Å².